The number of carbonyl (C=O) groups is 1. The molecule has 1 fully saturated rings. The number of benzene rings is 1. The summed E-state index contributed by atoms with van der Waals surface area (Å²) in [6.45, 7) is 0.698. The number of carbonyl (C=O) groups excluding carboxylic acids is 1. The van der Waals surface area contributed by atoms with Gasteiger partial charge in [-0.25, -0.2) is 12.7 Å². The molecule has 2 aromatic rings. The molecule has 1 saturated heterocycles. The topological polar surface area (TPSA) is 70.6 Å². The van der Waals surface area contributed by atoms with Crippen molar-refractivity contribution in [3.63, 3.8) is 0 Å². The quantitative estimate of drug-likeness (QED) is 0.808. The lowest BCUT2D eigenvalue weighted by atomic mass is 10.0. The van der Waals surface area contributed by atoms with Crippen LogP contribution in [0.15, 0.2) is 53.7 Å². The molecule has 7 heteroatoms. The second kappa shape index (κ2) is 8.19. The van der Waals surface area contributed by atoms with Crippen LogP contribution in [-0.4, -0.2) is 49.2 Å². The smallest absolute Gasteiger partial charge is 0.254 e. The third-order valence-corrected chi connectivity index (χ3v) is 6.81. The Morgan fingerprint density at radius 3 is 2.33 bits per heavy atom. The average molecular weight is 388 g/mol. The maximum absolute atomic E-state index is 13.2. The minimum atomic E-state index is -3.50. The predicted octanol–water partition coefficient (Wildman–Crippen LogP) is 3.09. The molecule has 1 aliphatic heterocycles. The van der Waals surface area contributed by atoms with Crippen molar-refractivity contribution in [1.29, 1.82) is 0 Å². The maximum atomic E-state index is 13.2. The first kappa shape index (κ1) is 19.5. The van der Waals surface area contributed by atoms with E-state index >= 15 is 0 Å². The minimum absolute atomic E-state index is 0.0215. The Labute approximate surface area is 160 Å². The Morgan fingerprint density at radius 2 is 1.70 bits per heavy atom. The Hall–Kier alpha value is -2.25. The number of amides is 1. The van der Waals surface area contributed by atoms with Crippen molar-refractivity contribution in [2.75, 3.05) is 20.6 Å². The Bertz CT molecular complexity index is 880. The number of nitrogens with zero attached hydrogens (tertiary/aromatic N) is 3. The van der Waals surface area contributed by atoms with E-state index < -0.39 is 10.0 Å². The van der Waals surface area contributed by atoms with Gasteiger partial charge in [-0.2, -0.15) is 0 Å². The van der Waals surface area contributed by atoms with Gasteiger partial charge in [-0.05, 0) is 54.8 Å². The van der Waals surface area contributed by atoms with Crippen LogP contribution in [0.4, 0.5) is 0 Å². The Balaban J connectivity index is 1.88. The van der Waals surface area contributed by atoms with Crippen molar-refractivity contribution < 1.29 is 13.2 Å². The molecule has 1 aliphatic rings. The van der Waals surface area contributed by atoms with Crippen LogP contribution in [0, 0.1) is 0 Å². The number of pyridine rings is 1. The minimum Gasteiger partial charge on any atom is -0.332 e. The van der Waals surface area contributed by atoms with Gasteiger partial charge in [0, 0.05) is 38.6 Å². The summed E-state index contributed by atoms with van der Waals surface area (Å²) in [4.78, 5) is 19.4. The van der Waals surface area contributed by atoms with Crippen molar-refractivity contribution in [2.24, 2.45) is 0 Å². The number of sulfonamides is 1. The highest BCUT2D eigenvalue weighted by molar-refractivity contribution is 7.89. The zero-order valence-electron chi connectivity index (χ0n) is 15.7. The molecule has 1 amide bonds. The molecule has 0 bridgehead atoms. The van der Waals surface area contributed by atoms with Crippen LogP contribution in [-0.2, 0) is 10.0 Å². The van der Waals surface area contributed by atoms with Crippen molar-refractivity contribution in [3.05, 3.63) is 59.9 Å². The van der Waals surface area contributed by atoms with Crippen LogP contribution in [0.5, 0.6) is 0 Å². The first-order chi connectivity index (χ1) is 12.9. The summed E-state index contributed by atoms with van der Waals surface area (Å²) < 4.78 is 25.6. The molecule has 1 atom stereocenters. The summed E-state index contributed by atoms with van der Waals surface area (Å²) >= 11 is 0. The van der Waals surface area contributed by atoms with Gasteiger partial charge < -0.3 is 4.90 Å². The van der Waals surface area contributed by atoms with Crippen LogP contribution in [0.3, 0.4) is 0 Å². The molecule has 0 saturated carbocycles. The van der Waals surface area contributed by atoms with Crippen LogP contribution in [0.25, 0.3) is 0 Å². The normalized spacial score (nSPS) is 18.3. The summed E-state index contributed by atoms with van der Waals surface area (Å²) in [7, 11) is -0.520. The molecule has 2 heterocycles. The second-order valence-corrected chi connectivity index (χ2v) is 9.11. The third-order valence-electron chi connectivity index (χ3n) is 4.98. The van der Waals surface area contributed by atoms with Crippen molar-refractivity contribution in [2.45, 2.75) is 36.6 Å². The van der Waals surface area contributed by atoms with Crippen LogP contribution < -0.4 is 0 Å². The highest BCUT2D eigenvalue weighted by atomic mass is 32.2. The van der Waals surface area contributed by atoms with Gasteiger partial charge in [0.2, 0.25) is 10.0 Å². The van der Waals surface area contributed by atoms with Gasteiger partial charge in [-0.3, -0.25) is 9.78 Å². The van der Waals surface area contributed by atoms with Crippen LogP contribution in [0.2, 0.25) is 0 Å². The molecule has 1 aromatic heterocycles. The molecule has 0 radical (unpaired) electrons. The Morgan fingerprint density at radius 1 is 1.04 bits per heavy atom. The highest BCUT2D eigenvalue weighted by Gasteiger charge is 2.28. The van der Waals surface area contributed by atoms with E-state index in [1.54, 1.807) is 24.5 Å². The third kappa shape index (κ3) is 4.20. The molecule has 0 aliphatic carbocycles. The van der Waals surface area contributed by atoms with Crippen molar-refractivity contribution >= 4 is 15.9 Å². The van der Waals surface area contributed by atoms with E-state index in [1.165, 1.54) is 26.2 Å². The van der Waals surface area contributed by atoms with Crippen LogP contribution >= 0.6 is 0 Å². The number of hydrogen-bond acceptors (Lipinski definition) is 4. The van der Waals surface area contributed by atoms with E-state index in [-0.39, 0.29) is 16.8 Å². The van der Waals surface area contributed by atoms with Gasteiger partial charge in [-0.15, -0.1) is 0 Å². The maximum Gasteiger partial charge on any atom is 0.254 e. The molecule has 3 rings (SSSR count). The van der Waals surface area contributed by atoms with Gasteiger partial charge in [0.05, 0.1) is 10.9 Å². The van der Waals surface area contributed by atoms with E-state index in [2.05, 4.69) is 4.98 Å². The van der Waals surface area contributed by atoms with E-state index in [4.69, 9.17) is 0 Å². The summed E-state index contributed by atoms with van der Waals surface area (Å²) in [5.41, 5.74) is 1.60. The van der Waals surface area contributed by atoms with E-state index in [0.29, 0.717) is 12.1 Å². The van der Waals surface area contributed by atoms with Crippen molar-refractivity contribution in [3.8, 4) is 0 Å². The Kier molecular flexibility index (Phi) is 5.92. The van der Waals surface area contributed by atoms with E-state index in [9.17, 15) is 13.2 Å². The lowest BCUT2D eigenvalue weighted by Gasteiger charge is -2.30. The lowest BCUT2D eigenvalue weighted by molar-refractivity contribution is 0.0680. The summed E-state index contributed by atoms with van der Waals surface area (Å²) in [5.74, 6) is -0.0625. The first-order valence-corrected chi connectivity index (χ1v) is 10.6. The standard InChI is InChI=1S/C20H25N3O3S/c1-22(2)27(25,26)18-9-7-17(8-10-18)20(24)23-15-5-3-4-6-19(23)16-11-13-21-14-12-16/h7-14,19H,3-6,15H2,1-2H3. The lowest BCUT2D eigenvalue weighted by Crippen LogP contribution is -2.34. The van der Waals surface area contributed by atoms with Crippen molar-refractivity contribution in [1.82, 2.24) is 14.2 Å². The zero-order valence-corrected chi connectivity index (χ0v) is 16.5. The fraction of sp³-hybridized carbons (Fsp3) is 0.400. The monoisotopic (exact) mass is 387 g/mol. The zero-order chi connectivity index (χ0) is 19.4. The largest absolute Gasteiger partial charge is 0.332 e. The second-order valence-electron chi connectivity index (χ2n) is 6.96. The molecular formula is C20H25N3O3S. The number of hydrogen-bond donors (Lipinski definition) is 0. The van der Waals surface area contributed by atoms with Gasteiger partial charge in [0.1, 0.15) is 0 Å². The molecule has 0 spiro atoms. The van der Waals surface area contributed by atoms with E-state index in [1.807, 2.05) is 17.0 Å². The SMILES string of the molecule is CN(C)S(=O)(=O)c1ccc(C(=O)N2CCCCCC2c2ccncc2)cc1. The molecule has 27 heavy (non-hydrogen) atoms. The fourth-order valence-electron chi connectivity index (χ4n) is 3.43. The molecule has 1 unspecified atom stereocenters. The van der Waals surface area contributed by atoms with Gasteiger partial charge in [-0.1, -0.05) is 12.8 Å². The first-order valence-electron chi connectivity index (χ1n) is 9.15. The number of aromatic nitrogens is 1. The molecule has 6 nitrogen and oxygen atoms in total. The summed E-state index contributed by atoms with van der Waals surface area (Å²) in [6, 6.07) is 10.2. The molecule has 1 aromatic carbocycles. The predicted molar refractivity (Wildman–Crippen MR) is 104 cm³/mol. The summed E-state index contributed by atoms with van der Waals surface area (Å²) in [6.07, 6.45) is 7.58. The molecule has 0 N–H and O–H groups in total. The summed E-state index contributed by atoms with van der Waals surface area (Å²) in [5, 5.41) is 0. The van der Waals surface area contributed by atoms with E-state index in [0.717, 1.165) is 35.6 Å². The molecule has 144 valence electrons. The number of rotatable bonds is 4. The van der Waals surface area contributed by atoms with Gasteiger partial charge in [0.25, 0.3) is 5.91 Å². The van der Waals surface area contributed by atoms with Gasteiger partial charge >= 0.3 is 0 Å². The highest BCUT2D eigenvalue weighted by Crippen LogP contribution is 2.31. The number of likely N-dealkylation sites (tertiary alicyclic amines) is 1. The van der Waals surface area contributed by atoms with Crippen LogP contribution in [0.1, 0.15) is 47.6 Å². The van der Waals surface area contributed by atoms with Gasteiger partial charge in [0.15, 0.2) is 0 Å². The fourth-order valence-corrected chi connectivity index (χ4v) is 4.33. The molecular weight excluding hydrogens is 362 g/mol. The average Bonchev–Trinajstić information content (AvgIpc) is 2.94.